The number of unbranched alkanes of at least 4 members (excludes halogenated alkanes) is 2. The van der Waals surface area contributed by atoms with Gasteiger partial charge in [0.05, 0.1) is 13.2 Å². The van der Waals surface area contributed by atoms with Crippen molar-refractivity contribution in [2.24, 2.45) is 4.66 Å². The van der Waals surface area contributed by atoms with Crippen molar-refractivity contribution < 1.29 is 0 Å². The lowest BCUT2D eigenvalue weighted by molar-refractivity contribution is 0.256. The van der Waals surface area contributed by atoms with E-state index in [1.807, 2.05) is 0 Å². The van der Waals surface area contributed by atoms with E-state index in [1.54, 1.807) is 0 Å². The van der Waals surface area contributed by atoms with Crippen molar-refractivity contribution in [1.82, 2.24) is 9.80 Å². The zero-order chi connectivity index (χ0) is 13.6. The van der Waals surface area contributed by atoms with Gasteiger partial charge < -0.3 is 9.56 Å². The Hall–Kier alpha value is -0.353. The molecule has 1 heterocycles. The van der Waals surface area contributed by atoms with Crippen molar-refractivity contribution >= 4 is 14.1 Å². The summed E-state index contributed by atoms with van der Waals surface area (Å²) in [6, 6.07) is 0. The molecule has 0 amide bonds. The molecule has 0 spiro atoms. The van der Waals surface area contributed by atoms with Gasteiger partial charge in [0, 0.05) is 13.1 Å². The molecule has 0 aromatic heterocycles. The highest BCUT2D eigenvalue weighted by Crippen LogP contribution is 2.14. The Balaban J connectivity index is 2.63. The fraction of sp³-hybridized carbons (Fsp3) is 0.929. The summed E-state index contributed by atoms with van der Waals surface area (Å²) in [6.45, 7) is 16.1. The van der Waals surface area contributed by atoms with Gasteiger partial charge in [-0.15, -0.1) is 0 Å². The second-order valence-corrected chi connectivity index (χ2v) is 10.9. The largest absolute Gasteiger partial charge is 0.347 e. The van der Waals surface area contributed by atoms with E-state index in [4.69, 9.17) is 4.66 Å². The third-order valence-corrected chi connectivity index (χ3v) is 4.10. The van der Waals surface area contributed by atoms with Crippen molar-refractivity contribution in [3.05, 3.63) is 0 Å². The smallest absolute Gasteiger partial charge is 0.174 e. The molecule has 0 unspecified atom stereocenters. The highest BCUT2D eigenvalue weighted by atomic mass is 28.3. The molecule has 0 atom stereocenters. The third-order valence-electron chi connectivity index (χ3n) is 3.17. The Bertz CT molecular complexity index is 271. The van der Waals surface area contributed by atoms with Gasteiger partial charge in [-0.25, -0.2) is 0 Å². The van der Waals surface area contributed by atoms with Crippen LogP contribution in [0.25, 0.3) is 0 Å². The van der Waals surface area contributed by atoms with Crippen molar-refractivity contribution in [2.75, 3.05) is 26.3 Å². The zero-order valence-corrected chi connectivity index (χ0v) is 14.0. The molecule has 0 radical (unpaired) electrons. The molecule has 0 aliphatic carbocycles. The molecule has 1 aliphatic heterocycles. The molecule has 0 saturated carbocycles. The van der Waals surface area contributed by atoms with Crippen LogP contribution in [0, 0.1) is 0 Å². The molecular formula is C14H31N3Si. The maximum Gasteiger partial charge on any atom is 0.174 e. The minimum Gasteiger partial charge on any atom is -0.347 e. The van der Waals surface area contributed by atoms with Crippen molar-refractivity contribution in [3.63, 3.8) is 0 Å². The molecule has 1 rings (SSSR count). The van der Waals surface area contributed by atoms with Crippen molar-refractivity contribution in [1.29, 1.82) is 0 Å². The van der Waals surface area contributed by atoms with Crippen LogP contribution >= 0.6 is 0 Å². The lowest BCUT2D eigenvalue weighted by Gasteiger charge is -2.21. The topological polar surface area (TPSA) is 18.8 Å². The summed E-state index contributed by atoms with van der Waals surface area (Å²) in [5.74, 6) is 1.36. The van der Waals surface area contributed by atoms with Gasteiger partial charge in [-0.1, -0.05) is 26.7 Å². The van der Waals surface area contributed by atoms with Crippen LogP contribution in [-0.2, 0) is 0 Å². The first kappa shape index (κ1) is 15.7. The first-order valence-corrected chi connectivity index (χ1v) is 11.0. The summed E-state index contributed by atoms with van der Waals surface area (Å²) in [5.41, 5.74) is 0. The highest BCUT2D eigenvalue weighted by molar-refractivity contribution is 6.75. The van der Waals surface area contributed by atoms with Crippen LogP contribution in [0.15, 0.2) is 4.66 Å². The van der Waals surface area contributed by atoms with Gasteiger partial charge in [0.25, 0.3) is 0 Å². The van der Waals surface area contributed by atoms with Gasteiger partial charge in [-0.05, 0) is 32.5 Å². The summed E-state index contributed by atoms with van der Waals surface area (Å²) in [4.78, 5) is 5.07. The van der Waals surface area contributed by atoms with E-state index in [2.05, 4.69) is 43.3 Å². The highest BCUT2D eigenvalue weighted by Gasteiger charge is 2.26. The number of rotatable bonds is 7. The SMILES string of the molecule is CCCCN1C/C(=N\[Si](C)(C)C)N(CCCC)C1. The number of nitrogens with zero attached hydrogens (tertiary/aromatic N) is 3. The molecule has 106 valence electrons. The van der Waals surface area contributed by atoms with Crippen LogP contribution in [0.3, 0.4) is 0 Å². The Morgan fingerprint density at radius 3 is 2.22 bits per heavy atom. The Morgan fingerprint density at radius 1 is 1.06 bits per heavy atom. The maximum atomic E-state index is 5.04. The fourth-order valence-corrected chi connectivity index (χ4v) is 3.23. The van der Waals surface area contributed by atoms with E-state index in [1.165, 1.54) is 44.6 Å². The molecule has 0 aromatic rings. The second kappa shape index (κ2) is 7.29. The molecule has 1 fully saturated rings. The lowest BCUT2D eigenvalue weighted by atomic mass is 10.3. The Labute approximate surface area is 114 Å². The van der Waals surface area contributed by atoms with Crippen LogP contribution in [0.5, 0.6) is 0 Å². The van der Waals surface area contributed by atoms with Crippen LogP contribution in [0.2, 0.25) is 19.6 Å². The molecular weight excluding hydrogens is 238 g/mol. The normalized spacial score (nSPS) is 20.1. The summed E-state index contributed by atoms with van der Waals surface area (Å²) < 4.78 is 5.04. The van der Waals surface area contributed by atoms with E-state index in [0.717, 1.165) is 13.2 Å². The van der Waals surface area contributed by atoms with Gasteiger partial charge in [-0.2, -0.15) is 0 Å². The molecule has 4 heteroatoms. The molecule has 0 N–H and O–H groups in total. The first-order chi connectivity index (χ1) is 8.46. The molecule has 1 saturated heterocycles. The predicted molar refractivity (Wildman–Crippen MR) is 83.7 cm³/mol. The quantitative estimate of drug-likeness (QED) is 0.660. The summed E-state index contributed by atoms with van der Waals surface area (Å²) >= 11 is 0. The second-order valence-electron chi connectivity index (χ2n) is 6.36. The standard InChI is InChI=1S/C14H31N3Si/c1-6-8-10-16-12-14(15-18(3,4)5)17(13-16)11-9-7-2/h6-13H2,1-5H3/b15-14+. The predicted octanol–water partition coefficient (Wildman–Crippen LogP) is 3.40. The maximum absolute atomic E-state index is 5.04. The first-order valence-electron chi connectivity index (χ1n) is 7.52. The minimum absolute atomic E-state index is 1.08. The average molecular weight is 270 g/mol. The third kappa shape index (κ3) is 5.53. The van der Waals surface area contributed by atoms with Crippen molar-refractivity contribution in [3.8, 4) is 0 Å². The fourth-order valence-electron chi connectivity index (χ4n) is 2.25. The Morgan fingerprint density at radius 2 is 1.67 bits per heavy atom. The van der Waals surface area contributed by atoms with Gasteiger partial charge in [0.2, 0.25) is 0 Å². The molecule has 0 bridgehead atoms. The van der Waals surface area contributed by atoms with E-state index >= 15 is 0 Å². The van der Waals surface area contributed by atoms with E-state index < -0.39 is 8.24 Å². The van der Waals surface area contributed by atoms with Gasteiger partial charge in [-0.3, -0.25) is 4.90 Å². The molecule has 0 aromatic carbocycles. The average Bonchev–Trinajstić information content (AvgIpc) is 2.63. The van der Waals surface area contributed by atoms with E-state index in [0.29, 0.717) is 0 Å². The van der Waals surface area contributed by atoms with Crippen LogP contribution < -0.4 is 0 Å². The lowest BCUT2D eigenvalue weighted by Crippen LogP contribution is -2.31. The van der Waals surface area contributed by atoms with E-state index in [-0.39, 0.29) is 0 Å². The summed E-state index contributed by atoms with van der Waals surface area (Å²) in [5, 5.41) is 0. The molecule has 3 nitrogen and oxygen atoms in total. The van der Waals surface area contributed by atoms with Gasteiger partial charge in [0.1, 0.15) is 5.84 Å². The van der Waals surface area contributed by atoms with Crippen molar-refractivity contribution in [2.45, 2.75) is 59.2 Å². The number of hydrogen-bond donors (Lipinski definition) is 0. The van der Waals surface area contributed by atoms with Gasteiger partial charge in [0.15, 0.2) is 8.24 Å². The zero-order valence-electron chi connectivity index (χ0n) is 13.0. The van der Waals surface area contributed by atoms with E-state index in [9.17, 15) is 0 Å². The van der Waals surface area contributed by atoms with Crippen LogP contribution in [0.4, 0.5) is 0 Å². The number of amidine groups is 1. The number of hydrogen-bond acceptors (Lipinski definition) is 2. The monoisotopic (exact) mass is 269 g/mol. The minimum atomic E-state index is -1.34. The van der Waals surface area contributed by atoms with Gasteiger partial charge >= 0.3 is 0 Å². The summed E-state index contributed by atoms with van der Waals surface area (Å²) in [6.07, 6.45) is 5.14. The Kier molecular flexibility index (Phi) is 6.36. The van der Waals surface area contributed by atoms with Crippen LogP contribution in [0.1, 0.15) is 39.5 Å². The molecule has 18 heavy (non-hydrogen) atoms. The van der Waals surface area contributed by atoms with Crippen LogP contribution in [-0.4, -0.2) is 50.2 Å². The molecule has 1 aliphatic rings. The summed E-state index contributed by atoms with van der Waals surface area (Å²) in [7, 11) is -1.34.